The lowest BCUT2D eigenvalue weighted by Crippen LogP contribution is -2.12. The Labute approximate surface area is 138 Å². The van der Waals surface area contributed by atoms with E-state index in [2.05, 4.69) is 15.5 Å². The average Bonchev–Trinajstić information content (AvgIpc) is 3.17. The number of nitrogens with one attached hydrogen (secondary N) is 1. The number of aryl methyl sites for hydroxylation is 1. The largest absolute Gasteiger partial charge is 0.385 e. The van der Waals surface area contributed by atoms with Crippen molar-refractivity contribution in [3.05, 3.63) is 65.4 Å². The summed E-state index contributed by atoms with van der Waals surface area (Å²) in [5.74, 6) is 1.39. The number of benzene rings is 1. The molecule has 0 saturated carbocycles. The van der Waals surface area contributed by atoms with Crippen LogP contribution in [0.1, 0.15) is 40.5 Å². The first-order chi connectivity index (χ1) is 11.5. The molecule has 7 nitrogen and oxygen atoms in total. The second-order valence-electron chi connectivity index (χ2n) is 5.56. The second-order valence-corrected chi connectivity index (χ2v) is 5.56. The average molecular weight is 326 g/mol. The summed E-state index contributed by atoms with van der Waals surface area (Å²) in [4.78, 5) is 16.3. The Bertz CT molecular complexity index is 834. The normalized spacial score (nSPS) is 12.1. The van der Waals surface area contributed by atoms with Gasteiger partial charge < -0.3 is 19.5 Å². The first-order valence-corrected chi connectivity index (χ1v) is 7.55. The van der Waals surface area contributed by atoms with Gasteiger partial charge in [-0.3, -0.25) is 4.79 Å². The number of hydrogen-bond donors (Lipinski definition) is 2. The fourth-order valence-electron chi connectivity index (χ4n) is 2.39. The molecule has 0 saturated heterocycles. The zero-order chi connectivity index (χ0) is 17.1. The number of carbonyl (C=O) groups excluding carboxylic acids is 1. The van der Waals surface area contributed by atoms with Crippen LogP contribution in [-0.2, 0) is 6.54 Å². The van der Waals surface area contributed by atoms with Gasteiger partial charge in [0, 0.05) is 30.6 Å². The number of nitrogens with zero attached hydrogens (tertiary/aromatic N) is 3. The van der Waals surface area contributed by atoms with Crippen molar-refractivity contribution in [2.75, 3.05) is 5.32 Å². The molecule has 24 heavy (non-hydrogen) atoms. The molecule has 3 aromatic rings. The number of aromatic nitrogens is 3. The lowest BCUT2D eigenvalue weighted by atomic mass is 10.1. The number of aliphatic hydroxyl groups is 1. The van der Waals surface area contributed by atoms with Crippen LogP contribution in [0.15, 0.2) is 47.2 Å². The number of carbonyl (C=O) groups is 1. The molecule has 2 aromatic heterocycles. The van der Waals surface area contributed by atoms with E-state index in [0.717, 1.165) is 5.56 Å². The maximum atomic E-state index is 12.2. The lowest BCUT2D eigenvalue weighted by molar-refractivity contribution is 0.102. The molecule has 3 rings (SSSR count). The van der Waals surface area contributed by atoms with E-state index in [4.69, 9.17) is 4.52 Å². The van der Waals surface area contributed by atoms with E-state index in [1.807, 2.05) is 22.9 Å². The van der Waals surface area contributed by atoms with E-state index < -0.39 is 6.10 Å². The Hall–Kier alpha value is -2.93. The van der Waals surface area contributed by atoms with Gasteiger partial charge >= 0.3 is 0 Å². The third kappa shape index (κ3) is 3.52. The molecule has 7 heteroatoms. The second kappa shape index (κ2) is 6.67. The molecule has 2 N–H and O–H groups in total. The van der Waals surface area contributed by atoms with E-state index in [1.54, 1.807) is 38.2 Å². The van der Waals surface area contributed by atoms with Gasteiger partial charge in [-0.2, -0.15) is 0 Å². The number of hydrogen-bond acceptors (Lipinski definition) is 5. The van der Waals surface area contributed by atoms with Gasteiger partial charge in [-0.15, -0.1) is 0 Å². The van der Waals surface area contributed by atoms with Crippen LogP contribution in [0.3, 0.4) is 0 Å². The summed E-state index contributed by atoms with van der Waals surface area (Å²) >= 11 is 0. The van der Waals surface area contributed by atoms with Crippen LogP contribution < -0.4 is 5.32 Å². The van der Waals surface area contributed by atoms with Crippen LogP contribution in [0.2, 0.25) is 0 Å². The minimum absolute atomic E-state index is 0.248. The molecule has 1 atom stereocenters. The Morgan fingerprint density at radius 1 is 1.38 bits per heavy atom. The van der Waals surface area contributed by atoms with Crippen LogP contribution in [0.25, 0.3) is 0 Å². The van der Waals surface area contributed by atoms with Gasteiger partial charge in [-0.25, -0.2) is 4.98 Å². The van der Waals surface area contributed by atoms with Crippen LogP contribution in [-0.4, -0.2) is 25.7 Å². The number of amides is 1. The molecule has 1 amide bonds. The third-order valence-corrected chi connectivity index (χ3v) is 3.56. The molecule has 0 radical (unpaired) electrons. The maximum Gasteiger partial charge on any atom is 0.256 e. The number of anilines is 1. The summed E-state index contributed by atoms with van der Waals surface area (Å²) in [5, 5.41) is 16.1. The predicted octanol–water partition coefficient (Wildman–Crippen LogP) is 2.53. The van der Waals surface area contributed by atoms with Crippen LogP contribution in [0.4, 0.5) is 5.82 Å². The molecule has 0 aliphatic rings. The van der Waals surface area contributed by atoms with E-state index in [1.165, 1.54) is 0 Å². The first kappa shape index (κ1) is 15.9. The Morgan fingerprint density at radius 2 is 2.12 bits per heavy atom. The summed E-state index contributed by atoms with van der Waals surface area (Å²) in [7, 11) is 0. The Kier molecular flexibility index (Phi) is 4.43. The van der Waals surface area contributed by atoms with E-state index in [0.29, 0.717) is 29.5 Å². The fourth-order valence-corrected chi connectivity index (χ4v) is 2.39. The zero-order valence-electron chi connectivity index (χ0n) is 13.4. The van der Waals surface area contributed by atoms with Crippen LogP contribution in [0.5, 0.6) is 0 Å². The van der Waals surface area contributed by atoms with Gasteiger partial charge in [-0.1, -0.05) is 17.3 Å². The van der Waals surface area contributed by atoms with Gasteiger partial charge in [0.05, 0.1) is 0 Å². The molecule has 124 valence electrons. The van der Waals surface area contributed by atoms with Crippen molar-refractivity contribution in [2.45, 2.75) is 26.5 Å². The quantitative estimate of drug-likeness (QED) is 0.751. The number of rotatable bonds is 5. The molecular weight excluding hydrogens is 308 g/mol. The summed E-state index contributed by atoms with van der Waals surface area (Å²) in [6, 6.07) is 8.89. The molecule has 2 heterocycles. The van der Waals surface area contributed by atoms with Crippen LogP contribution >= 0.6 is 0 Å². The minimum Gasteiger partial charge on any atom is -0.385 e. The maximum absolute atomic E-state index is 12.2. The topological polar surface area (TPSA) is 93.2 Å². The van der Waals surface area contributed by atoms with Crippen molar-refractivity contribution in [3.63, 3.8) is 0 Å². The van der Waals surface area contributed by atoms with E-state index in [-0.39, 0.29) is 5.91 Å². The highest BCUT2D eigenvalue weighted by atomic mass is 16.5. The van der Waals surface area contributed by atoms with Crippen molar-refractivity contribution in [2.24, 2.45) is 0 Å². The Morgan fingerprint density at radius 3 is 2.75 bits per heavy atom. The van der Waals surface area contributed by atoms with E-state index in [9.17, 15) is 9.90 Å². The van der Waals surface area contributed by atoms with Crippen molar-refractivity contribution in [3.8, 4) is 0 Å². The highest BCUT2D eigenvalue weighted by Crippen LogP contribution is 2.14. The highest BCUT2D eigenvalue weighted by Gasteiger charge is 2.11. The van der Waals surface area contributed by atoms with Crippen molar-refractivity contribution < 1.29 is 14.4 Å². The molecule has 1 aromatic carbocycles. The molecular formula is C17H18N4O3. The standard InChI is InChI=1S/C17H18N4O3/c1-11-9-15(20-24-11)19-17(23)14-5-3-13(4-6-14)10-21-8-7-18-16(21)12(2)22/h3-9,12,22H,10H2,1-2H3,(H,19,20,23). The molecule has 0 aliphatic heterocycles. The zero-order valence-corrected chi connectivity index (χ0v) is 13.4. The van der Waals surface area contributed by atoms with Gasteiger partial charge in [-0.05, 0) is 31.5 Å². The lowest BCUT2D eigenvalue weighted by Gasteiger charge is -2.10. The smallest absolute Gasteiger partial charge is 0.256 e. The summed E-state index contributed by atoms with van der Waals surface area (Å²) in [6.07, 6.45) is 2.84. The van der Waals surface area contributed by atoms with Gasteiger partial charge in [0.15, 0.2) is 5.82 Å². The molecule has 0 fully saturated rings. The fraction of sp³-hybridized carbons (Fsp3) is 0.235. The van der Waals surface area contributed by atoms with Crippen molar-refractivity contribution >= 4 is 11.7 Å². The molecule has 0 bridgehead atoms. The third-order valence-electron chi connectivity index (χ3n) is 3.56. The van der Waals surface area contributed by atoms with Crippen molar-refractivity contribution in [1.29, 1.82) is 0 Å². The number of imidazole rings is 1. The van der Waals surface area contributed by atoms with Gasteiger partial charge in [0.1, 0.15) is 17.7 Å². The van der Waals surface area contributed by atoms with Gasteiger partial charge in [0.2, 0.25) is 0 Å². The summed E-state index contributed by atoms with van der Waals surface area (Å²) < 4.78 is 6.79. The first-order valence-electron chi connectivity index (χ1n) is 7.55. The molecule has 0 spiro atoms. The summed E-state index contributed by atoms with van der Waals surface area (Å²) in [5.41, 5.74) is 1.53. The SMILES string of the molecule is Cc1cc(NC(=O)c2ccc(Cn3ccnc3C(C)O)cc2)no1. The Balaban J connectivity index is 1.68. The number of aliphatic hydroxyl groups excluding tert-OH is 1. The van der Waals surface area contributed by atoms with Crippen molar-refractivity contribution in [1.82, 2.24) is 14.7 Å². The summed E-state index contributed by atoms with van der Waals surface area (Å²) in [6.45, 7) is 4.01. The monoisotopic (exact) mass is 326 g/mol. The minimum atomic E-state index is -0.629. The molecule has 0 aliphatic carbocycles. The van der Waals surface area contributed by atoms with Crippen LogP contribution in [0, 0.1) is 6.92 Å². The molecule has 1 unspecified atom stereocenters. The van der Waals surface area contributed by atoms with E-state index >= 15 is 0 Å². The van der Waals surface area contributed by atoms with Gasteiger partial charge in [0.25, 0.3) is 5.91 Å². The highest BCUT2D eigenvalue weighted by molar-refractivity contribution is 6.03. The predicted molar refractivity (Wildman–Crippen MR) is 87.6 cm³/mol.